The van der Waals surface area contributed by atoms with Gasteiger partial charge in [-0.15, -0.1) is 11.8 Å². The Morgan fingerprint density at radius 1 is 1.23 bits per heavy atom. The van der Waals surface area contributed by atoms with Gasteiger partial charge in [-0.2, -0.15) is 9.66 Å². The van der Waals surface area contributed by atoms with Crippen LogP contribution in [0.4, 0.5) is 0 Å². The molecule has 0 radical (unpaired) electrons. The molecule has 0 aliphatic carbocycles. The van der Waals surface area contributed by atoms with E-state index in [9.17, 15) is 5.26 Å². The Morgan fingerprint density at radius 2 is 2.05 bits per heavy atom. The molecule has 1 aromatic carbocycles. The Kier molecular flexibility index (Phi) is 2.81. The number of para-hydroxylation sites is 2. The number of pyridine rings is 2. The molecule has 0 amide bonds. The first-order chi connectivity index (χ1) is 10.8. The first-order valence-corrected chi connectivity index (χ1v) is 8.14. The van der Waals surface area contributed by atoms with E-state index in [2.05, 4.69) is 32.2 Å². The second-order valence-corrected chi connectivity index (χ2v) is 5.92. The molecule has 4 nitrogen and oxygen atoms in total. The van der Waals surface area contributed by atoms with Crippen LogP contribution in [0.5, 0.6) is 0 Å². The van der Waals surface area contributed by atoms with Crippen LogP contribution in [0.2, 0.25) is 0 Å². The van der Waals surface area contributed by atoms with Gasteiger partial charge >= 0.3 is 5.65 Å². The minimum atomic E-state index is 0.701. The van der Waals surface area contributed by atoms with E-state index in [1.165, 1.54) is 0 Å². The average Bonchev–Trinajstić information content (AvgIpc) is 2.87. The van der Waals surface area contributed by atoms with Crippen molar-refractivity contribution in [3.8, 4) is 6.07 Å². The van der Waals surface area contributed by atoms with Gasteiger partial charge in [-0.05, 0) is 30.5 Å². The number of imidazole rings is 1. The Balaban J connectivity index is 2.46. The number of benzene rings is 1. The SMILES string of the molecule is CSc1c(C#N)c2n(c3ccccc3[n+]2C)c2ncccc12. The molecule has 4 rings (SSSR count). The summed E-state index contributed by atoms with van der Waals surface area (Å²) in [4.78, 5) is 5.57. The number of thioether (sulfide) groups is 1. The van der Waals surface area contributed by atoms with Gasteiger partial charge in [0.2, 0.25) is 5.65 Å². The quantitative estimate of drug-likeness (QED) is 0.401. The second kappa shape index (κ2) is 4.72. The first kappa shape index (κ1) is 13.1. The lowest BCUT2D eigenvalue weighted by molar-refractivity contribution is -0.618. The molecular weight excluding hydrogens is 292 g/mol. The van der Waals surface area contributed by atoms with Crippen molar-refractivity contribution in [1.29, 1.82) is 5.26 Å². The van der Waals surface area contributed by atoms with Crippen molar-refractivity contribution in [2.75, 3.05) is 6.26 Å². The molecule has 4 aromatic rings. The van der Waals surface area contributed by atoms with Gasteiger partial charge in [0.1, 0.15) is 6.07 Å². The molecule has 106 valence electrons. The molecule has 0 aliphatic rings. The summed E-state index contributed by atoms with van der Waals surface area (Å²) in [6.07, 6.45) is 3.80. The monoisotopic (exact) mass is 305 g/mol. The fourth-order valence-corrected chi connectivity index (χ4v) is 3.83. The van der Waals surface area contributed by atoms with Crippen LogP contribution in [0.25, 0.3) is 27.7 Å². The standard InChI is InChI=1S/C17H13N4S/c1-20-13-7-3-4-8-14(13)21-16-11(6-5-9-19-16)15(22-2)12(10-18)17(20)21/h3-9H,1-2H3/q+1. The van der Waals surface area contributed by atoms with Gasteiger partial charge < -0.3 is 0 Å². The van der Waals surface area contributed by atoms with E-state index in [1.807, 2.05) is 37.6 Å². The maximum absolute atomic E-state index is 9.75. The molecule has 3 heterocycles. The van der Waals surface area contributed by atoms with E-state index in [0.29, 0.717) is 5.56 Å². The summed E-state index contributed by atoms with van der Waals surface area (Å²) in [6, 6.07) is 14.5. The van der Waals surface area contributed by atoms with Gasteiger partial charge in [0, 0.05) is 11.1 Å². The molecule has 0 spiro atoms. The third-order valence-corrected chi connectivity index (χ3v) is 4.86. The molecule has 0 saturated heterocycles. The molecule has 0 saturated carbocycles. The van der Waals surface area contributed by atoms with Crippen LogP contribution in [-0.4, -0.2) is 15.6 Å². The predicted molar refractivity (Wildman–Crippen MR) is 87.9 cm³/mol. The number of hydrogen-bond donors (Lipinski definition) is 0. The zero-order valence-corrected chi connectivity index (χ0v) is 13.1. The van der Waals surface area contributed by atoms with Gasteiger partial charge in [0.05, 0.1) is 12.4 Å². The zero-order valence-electron chi connectivity index (χ0n) is 12.2. The molecule has 0 atom stereocenters. The minimum absolute atomic E-state index is 0.701. The number of hydrogen-bond acceptors (Lipinski definition) is 3. The number of nitriles is 1. The van der Waals surface area contributed by atoms with Crippen LogP contribution >= 0.6 is 11.8 Å². The Bertz CT molecular complexity index is 1090. The fraction of sp³-hybridized carbons (Fsp3) is 0.118. The highest BCUT2D eigenvalue weighted by Gasteiger charge is 2.26. The zero-order chi connectivity index (χ0) is 15.3. The van der Waals surface area contributed by atoms with E-state index in [1.54, 1.807) is 18.0 Å². The molecule has 0 aliphatic heterocycles. The summed E-state index contributed by atoms with van der Waals surface area (Å²) in [5, 5.41) is 10.8. The lowest BCUT2D eigenvalue weighted by Gasteiger charge is -2.05. The number of aromatic nitrogens is 3. The van der Waals surface area contributed by atoms with E-state index in [0.717, 1.165) is 32.6 Å². The third kappa shape index (κ3) is 1.53. The van der Waals surface area contributed by atoms with E-state index < -0.39 is 0 Å². The van der Waals surface area contributed by atoms with Gasteiger partial charge in [-0.25, -0.2) is 9.55 Å². The second-order valence-electron chi connectivity index (χ2n) is 5.10. The Hall–Kier alpha value is -2.58. The number of fused-ring (bicyclic) bond motifs is 5. The summed E-state index contributed by atoms with van der Waals surface area (Å²) in [6.45, 7) is 0. The molecule has 3 aromatic heterocycles. The number of nitrogens with zero attached hydrogens (tertiary/aromatic N) is 4. The van der Waals surface area contributed by atoms with Crippen LogP contribution in [0, 0.1) is 11.3 Å². The lowest BCUT2D eigenvalue weighted by Crippen LogP contribution is -2.28. The van der Waals surface area contributed by atoms with Crippen molar-refractivity contribution in [2.24, 2.45) is 7.05 Å². The van der Waals surface area contributed by atoms with Crippen LogP contribution < -0.4 is 4.57 Å². The molecule has 0 unspecified atom stereocenters. The normalized spacial score (nSPS) is 11.3. The average molecular weight is 305 g/mol. The highest BCUT2D eigenvalue weighted by Crippen LogP contribution is 2.33. The molecule has 5 heteroatoms. The van der Waals surface area contributed by atoms with Crippen molar-refractivity contribution in [2.45, 2.75) is 4.90 Å². The summed E-state index contributed by atoms with van der Waals surface area (Å²) in [5.74, 6) is 0. The van der Waals surface area contributed by atoms with Gasteiger partial charge in [-0.3, -0.25) is 0 Å². The van der Waals surface area contributed by atoms with Gasteiger partial charge in [0.25, 0.3) is 0 Å². The fourth-order valence-electron chi connectivity index (χ4n) is 3.11. The van der Waals surface area contributed by atoms with Crippen molar-refractivity contribution in [3.63, 3.8) is 0 Å². The van der Waals surface area contributed by atoms with Crippen molar-refractivity contribution in [3.05, 3.63) is 48.2 Å². The predicted octanol–water partition coefficient (Wildman–Crippen LogP) is 3.06. The molecular formula is C17H13N4S+. The van der Waals surface area contributed by atoms with Crippen LogP contribution in [-0.2, 0) is 7.05 Å². The minimum Gasteiger partial charge on any atom is -0.225 e. The lowest BCUT2D eigenvalue weighted by atomic mass is 10.2. The van der Waals surface area contributed by atoms with Crippen molar-refractivity contribution >= 4 is 39.5 Å². The van der Waals surface area contributed by atoms with Crippen LogP contribution in [0.15, 0.2) is 47.5 Å². The van der Waals surface area contributed by atoms with Gasteiger partial charge in [0.15, 0.2) is 16.6 Å². The largest absolute Gasteiger partial charge is 0.308 e. The maximum Gasteiger partial charge on any atom is 0.308 e. The smallest absolute Gasteiger partial charge is 0.225 e. The van der Waals surface area contributed by atoms with Crippen LogP contribution in [0.1, 0.15) is 5.56 Å². The molecule has 0 bridgehead atoms. The molecule has 22 heavy (non-hydrogen) atoms. The summed E-state index contributed by atoms with van der Waals surface area (Å²) < 4.78 is 4.16. The molecule has 0 fully saturated rings. The van der Waals surface area contributed by atoms with Crippen molar-refractivity contribution < 1.29 is 4.57 Å². The van der Waals surface area contributed by atoms with E-state index >= 15 is 0 Å². The topological polar surface area (TPSA) is 45.0 Å². The van der Waals surface area contributed by atoms with E-state index in [-0.39, 0.29) is 0 Å². The van der Waals surface area contributed by atoms with E-state index in [4.69, 9.17) is 0 Å². The highest BCUT2D eigenvalue weighted by atomic mass is 32.2. The van der Waals surface area contributed by atoms with Crippen molar-refractivity contribution in [1.82, 2.24) is 9.38 Å². The number of rotatable bonds is 1. The summed E-state index contributed by atoms with van der Waals surface area (Å²) in [7, 11) is 2.00. The highest BCUT2D eigenvalue weighted by molar-refractivity contribution is 7.98. The first-order valence-electron chi connectivity index (χ1n) is 6.92. The van der Waals surface area contributed by atoms with Crippen LogP contribution in [0.3, 0.4) is 0 Å². The Morgan fingerprint density at radius 3 is 2.82 bits per heavy atom. The maximum atomic E-state index is 9.75. The third-order valence-electron chi connectivity index (χ3n) is 4.02. The Labute approximate surface area is 131 Å². The molecule has 0 N–H and O–H groups in total. The number of aryl methyl sites for hydroxylation is 1. The summed E-state index contributed by atoms with van der Waals surface area (Å²) in [5.41, 5.74) is 4.63. The summed E-state index contributed by atoms with van der Waals surface area (Å²) >= 11 is 1.59. The van der Waals surface area contributed by atoms with Gasteiger partial charge in [-0.1, -0.05) is 12.1 Å².